The molecule has 8 heteroatoms. The maximum Gasteiger partial charge on any atom is 0.271 e. The first-order chi connectivity index (χ1) is 15.9. The van der Waals surface area contributed by atoms with Crippen molar-refractivity contribution in [3.8, 4) is 17.6 Å². The monoisotopic (exact) mass is 573 g/mol. The van der Waals surface area contributed by atoms with Crippen molar-refractivity contribution in [2.24, 2.45) is 5.10 Å². The third kappa shape index (κ3) is 6.46. The number of carbonyl (C=O) groups excluding carboxylic acids is 1. The Bertz CT molecular complexity index is 1240. The molecular weight excluding hydrogens is 553 g/mol. The molecule has 0 saturated heterocycles. The molecule has 1 N–H and O–H groups in total. The van der Waals surface area contributed by atoms with E-state index in [2.05, 4.69) is 39.2 Å². The SMILES string of the molecule is CCOc1cc(/C=N\NC(=O)c2ccc(C)c(Cl)c2)cc(I)c1OCc1ccccc1C#N. The number of aryl methyl sites for hydroxylation is 1. The number of benzene rings is 3. The van der Waals surface area contributed by atoms with E-state index in [-0.39, 0.29) is 12.5 Å². The summed E-state index contributed by atoms with van der Waals surface area (Å²) < 4.78 is 12.6. The smallest absolute Gasteiger partial charge is 0.271 e. The molecule has 6 nitrogen and oxygen atoms in total. The van der Waals surface area contributed by atoms with Gasteiger partial charge in [0.25, 0.3) is 5.91 Å². The van der Waals surface area contributed by atoms with Crippen LogP contribution in [-0.4, -0.2) is 18.7 Å². The zero-order valence-electron chi connectivity index (χ0n) is 18.1. The Morgan fingerprint density at radius 3 is 2.73 bits per heavy atom. The molecule has 0 heterocycles. The minimum absolute atomic E-state index is 0.239. The second kappa shape index (κ2) is 11.7. The Labute approximate surface area is 211 Å². The predicted molar refractivity (Wildman–Crippen MR) is 137 cm³/mol. The highest BCUT2D eigenvalue weighted by Crippen LogP contribution is 2.34. The Balaban J connectivity index is 1.75. The Morgan fingerprint density at radius 1 is 1.21 bits per heavy atom. The van der Waals surface area contributed by atoms with E-state index in [1.807, 2.05) is 38.1 Å². The molecule has 1 amide bonds. The molecule has 33 heavy (non-hydrogen) atoms. The van der Waals surface area contributed by atoms with E-state index in [1.165, 1.54) is 6.21 Å². The van der Waals surface area contributed by atoms with Gasteiger partial charge in [-0.15, -0.1) is 0 Å². The second-order valence-electron chi connectivity index (χ2n) is 6.98. The van der Waals surface area contributed by atoms with Crippen LogP contribution in [0.1, 0.15) is 39.5 Å². The van der Waals surface area contributed by atoms with Crippen LogP contribution >= 0.6 is 34.2 Å². The summed E-state index contributed by atoms with van der Waals surface area (Å²) in [7, 11) is 0. The normalized spacial score (nSPS) is 10.6. The maximum absolute atomic E-state index is 12.3. The van der Waals surface area contributed by atoms with E-state index in [0.29, 0.717) is 34.3 Å². The minimum atomic E-state index is -0.357. The number of amides is 1. The fourth-order valence-corrected chi connectivity index (χ4v) is 3.90. The number of nitriles is 1. The molecule has 0 unspecified atom stereocenters. The van der Waals surface area contributed by atoms with Gasteiger partial charge in [-0.3, -0.25) is 4.79 Å². The third-order valence-electron chi connectivity index (χ3n) is 4.66. The van der Waals surface area contributed by atoms with Crippen LogP contribution in [-0.2, 0) is 6.61 Å². The number of hydrogen-bond acceptors (Lipinski definition) is 5. The molecule has 0 aliphatic heterocycles. The van der Waals surface area contributed by atoms with Gasteiger partial charge in [-0.05, 0) is 77.9 Å². The molecule has 0 aromatic heterocycles. The quantitative estimate of drug-likeness (QED) is 0.208. The van der Waals surface area contributed by atoms with Crippen LogP contribution < -0.4 is 14.9 Å². The third-order valence-corrected chi connectivity index (χ3v) is 5.86. The number of nitrogens with zero attached hydrogens (tertiary/aromatic N) is 2. The largest absolute Gasteiger partial charge is 0.490 e. The molecule has 0 saturated carbocycles. The second-order valence-corrected chi connectivity index (χ2v) is 8.55. The summed E-state index contributed by atoms with van der Waals surface area (Å²) in [4.78, 5) is 12.3. The van der Waals surface area contributed by atoms with Gasteiger partial charge in [-0.2, -0.15) is 10.4 Å². The fourth-order valence-electron chi connectivity index (χ4n) is 2.93. The number of nitrogens with one attached hydrogen (secondary N) is 1. The van der Waals surface area contributed by atoms with Gasteiger partial charge in [0.1, 0.15) is 6.61 Å². The predicted octanol–water partition coefficient (Wildman–Crippen LogP) is 5.87. The molecule has 3 aromatic rings. The standard InChI is InChI=1S/C25H21ClIN3O3/c1-3-32-23-11-17(14-29-30-25(31)18-9-8-16(2)21(26)12-18)10-22(27)24(23)33-15-20-7-5-4-6-19(20)13-28/h4-12,14H,3,15H2,1-2H3,(H,30,31)/b29-14-. The van der Waals surface area contributed by atoms with Crippen LogP contribution in [0.5, 0.6) is 11.5 Å². The highest BCUT2D eigenvalue weighted by molar-refractivity contribution is 14.1. The van der Waals surface area contributed by atoms with Gasteiger partial charge in [0.2, 0.25) is 0 Å². The Hall–Kier alpha value is -3.09. The van der Waals surface area contributed by atoms with Gasteiger partial charge in [0.15, 0.2) is 11.5 Å². The van der Waals surface area contributed by atoms with Crippen LogP contribution in [0.4, 0.5) is 0 Å². The number of hydrogen-bond donors (Lipinski definition) is 1. The molecule has 0 aliphatic rings. The van der Waals surface area contributed by atoms with Crippen LogP contribution in [0.2, 0.25) is 5.02 Å². The zero-order valence-corrected chi connectivity index (χ0v) is 21.0. The average molecular weight is 574 g/mol. The van der Waals surface area contributed by atoms with E-state index in [4.69, 9.17) is 21.1 Å². The molecule has 0 radical (unpaired) electrons. The van der Waals surface area contributed by atoms with Gasteiger partial charge < -0.3 is 9.47 Å². The zero-order chi connectivity index (χ0) is 23.8. The Morgan fingerprint density at radius 2 is 2.00 bits per heavy atom. The summed E-state index contributed by atoms with van der Waals surface area (Å²) in [5.41, 5.74) is 5.92. The highest BCUT2D eigenvalue weighted by atomic mass is 127. The summed E-state index contributed by atoms with van der Waals surface area (Å²) in [5.74, 6) is 0.779. The molecule has 0 aliphatic carbocycles. The topological polar surface area (TPSA) is 83.7 Å². The summed E-state index contributed by atoms with van der Waals surface area (Å²) in [5, 5.41) is 13.9. The summed E-state index contributed by atoms with van der Waals surface area (Å²) in [6, 6.07) is 18.2. The van der Waals surface area contributed by atoms with Crippen LogP contribution in [0.25, 0.3) is 0 Å². The van der Waals surface area contributed by atoms with Crippen molar-refractivity contribution in [1.82, 2.24) is 5.43 Å². The number of carbonyl (C=O) groups is 1. The summed E-state index contributed by atoms with van der Waals surface area (Å²) in [6.07, 6.45) is 1.53. The molecule has 0 spiro atoms. The molecule has 3 aromatic carbocycles. The molecule has 0 bridgehead atoms. The van der Waals surface area contributed by atoms with Crippen molar-refractivity contribution in [3.63, 3.8) is 0 Å². The fraction of sp³-hybridized carbons (Fsp3) is 0.160. The number of hydrazone groups is 1. The molecule has 0 fully saturated rings. The Kier molecular flexibility index (Phi) is 8.69. The van der Waals surface area contributed by atoms with Crippen molar-refractivity contribution in [1.29, 1.82) is 5.26 Å². The molecule has 0 atom stereocenters. The number of rotatable bonds is 8. The van der Waals surface area contributed by atoms with Crippen molar-refractivity contribution in [2.45, 2.75) is 20.5 Å². The number of ether oxygens (including phenoxy) is 2. The first kappa shape index (κ1) is 24.6. The van der Waals surface area contributed by atoms with E-state index in [1.54, 1.807) is 30.3 Å². The average Bonchev–Trinajstić information content (AvgIpc) is 2.80. The van der Waals surface area contributed by atoms with E-state index < -0.39 is 0 Å². The van der Waals surface area contributed by atoms with E-state index >= 15 is 0 Å². The van der Waals surface area contributed by atoms with Crippen LogP contribution in [0.15, 0.2) is 59.7 Å². The molecule has 3 rings (SSSR count). The van der Waals surface area contributed by atoms with E-state index in [9.17, 15) is 10.1 Å². The lowest BCUT2D eigenvalue weighted by Gasteiger charge is -2.15. The first-order valence-corrected chi connectivity index (χ1v) is 11.5. The lowest BCUT2D eigenvalue weighted by molar-refractivity contribution is 0.0955. The van der Waals surface area contributed by atoms with Crippen molar-refractivity contribution < 1.29 is 14.3 Å². The number of halogens is 2. The van der Waals surface area contributed by atoms with Gasteiger partial charge in [-0.1, -0.05) is 35.9 Å². The van der Waals surface area contributed by atoms with E-state index in [0.717, 1.165) is 20.3 Å². The lowest BCUT2D eigenvalue weighted by atomic mass is 10.1. The maximum atomic E-state index is 12.3. The summed E-state index contributed by atoms with van der Waals surface area (Å²) in [6.45, 7) is 4.44. The van der Waals surface area contributed by atoms with Gasteiger partial charge in [0, 0.05) is 16.1 Å². The lowest BCUT2D eigenvalue weighted by Crippen LogP contribution is -2.17. The first-order valence-electron chi connectivity index (χ1n) is 10.1. The van der Waals surface area contributed by atoms with Gasteiger partial charge in [0.05, 0.1) is 28.0 Å². The molecule has 168 valence electrons. The van der Waals surface area contributed by atoms with Crippen molar-refractivity contribution in [3.05, 3.63) is 91.0 Å². The molecular formula is C25H21ClIN3O3. The van der Waals surface area contributed by atoms with Crippen LogP contribution in [0, 0.1) is 21.8 Å². The highest BCUT2D eigenvalue weighted by Gasteiger charge is 2.13. The summed E-state index contributed by atoms with van der Waals surface area (Å²) >= 11 is 8.25. The van der Waals surface area contributed by atoms with Gasteiger partial charge in [-0.25, -0.2) is 5.43 Å². The van der Waals surface area contributed by atoms with Crippen molar-refractivity contribution in [2.75, 3.05) is 6.61 Å². The minimum Gasteiger partial charge on any atom is -0.490 e. The van der Waals surface area contributed by atoms with Gasteiger partial charge >= 0.3 is 0 Å². The van der Waals surface area contributed by atoms with Crippen LogP contribution in [0.3, 0.4) is 0 Å². The van der Waals surface area contributed by atoms with Crippen molar-refractivity contribution >= 4 is 46.3 Å².